The second-order valence-corrected chi connectivity index (χ2v) is 2.76. The zero-order valence-electron chi connectivity index (χ0n) is 6.16. The lowest BCUT2D eigenvalue weighted by Gasteiger charge is -1.99. The van der Waals surface area contributed by atoms with Gasteiger partial charge >= 0.3 is 0 Å². The maximum absolute atomic E-state index is 5.68. The van der Waals surface area contributed by atoms with Crippen molar-refractivity contribution >= 4 is 35.8 Å². The molecule has 1 aromatic heterocycles. The Morgan fingerprint density at radius 2 is 2.17 bits per heavy atom. The van der Waals surface area contributed by atoms with Crippen molar-refractivity contribution in [2.24, 2.45) is 0 Å². The number of fused-ring (bicyclic) bond motifs is 1. The molecule has 0 aliphatic heterocycles. The van der Waals surface area contributed by atoms with E-state index in [9.17, 15) is 0 Å². The fourth-order valence-electron chi connectivity index (χ4n) is 1.06. The molecule has 0 saturated heterocycles. The van der Waals surface area contributed by atoms with Gasteiger partial charge in [0.1, 0.15) is 7.85 Å². The van der Waals surface area contributed by atoms with Crippen LogP contribution in [0.25, 0.3) is 10.9 Å². The van der Waals surface area contributed by atoms with Gasteiger partial charge in [0.2, 0.25) is 5.28 Å². The Morgan fingerprint density at radius 1 is 1.33 bits per heavy atom. The van der Waals surface area contributed by atoms with E-state index in [1.807, 2.05) is 12.1 Å². The maximum atomic E-state index is 5.68. The number of halogens is 1. The summed E-state index contributed by atoms with van der Waals surface area (Å²) in [5, 5.41) is 1.12. The molecule has 0 unspecified atom stereocenters. The molecule has 0 spiro atoms. The van der Waals surface area contributed by atoms with Crippen LogP contribution in [0.3, 0.4) is 0 Å². The van der Waals surface area contributed by atoms with Crippen LogP contribution in [0, 0.1) is 0 Å². The summed E-state index contributed by atoms with van der Waals surface area (Å²) >= 11 is 5.61. The summed E-state index contributed by atoms with van der Waals surface area (Å²) in [4.78, 5) is 7.85. The molecular weight excluding hydrogens is 170 g/mol. The van der Waals surface area contributed by atoms with Crippen LogP contribution in [0.5, 0.6) is 0 Å². The molecule has 0 bridgehead atoms. The summed E-state index contributed by atoms with van der Waals surface area (Å²) in [5.74, 6) is 0. The predicted octanol–water partition coefficient (Wildman–Crippen LogP) is 1.08. The smallest absolute Gasteiger partial charge is 0.222 e. The first-order valence-electron chi connectivity index (χ1n) is 3.44. The Hall–Kier alpha value is -1.09. The van der Waals surface area contributed by atoms with Gasteiger partial charge in [-0.2, -0.15) is 0 Å². The zero-order chi connectivity index (χ0) is 8.55. The van der Waals surface area contributed by atoms with Crippen LogP contribution >= 0.6 is 11.6 Å². The quantitative estimate of drug-likeness (QED) is 0.441. The zero-order valence-corrected chi connectivity index (χ0v) is 6.92. The summed E-state index contributed by atoms with van der Waals surface area (Å²) in [6.07, 6.45) is 1.65. The predicted molar refractivity (Wildman–Crippen MR) is 49.9 cm³/mol. The molecular formula is C8H4BClN2. The third-order valence-corrected chi connectivity index (χ3v) is 1.79. The molecule has 0 N–H and O–H groups in total. The highest BCUT2D eigenvalue weighted by atomic mass is 35.5. The standard InChI is InChI=1S/C8H4BClN2/c9-6-3-1-2-5-4-11-8(10)12-7(5)6/h1-4H. The van der Waals surface area contributed by atoms with Crippen LogP contribution in [0.1, 0.15) is 0 Å². The second kappa shape index (κ2) is 2.75. The molecule has 0 atom stereocenters. The van der Waals surface area contributed by atoms with Crippen LogP contribution in [0.2, 0.25) is 5.28 Å². The van der Waals surface area contributed by atoms with Gasteiger partial charge in [-0.15, -0.1) is 0 Å². The van der Waals surface area contributed by atoms with Gasteiger partial charge in [-0.3, -0.25) is 0 Å². The van der Waals surface area contributed by atoms with E-state index in [0.717, 1.165) is 5.39 Å². The van der Waals surface area contributed by atoms with Crippen molar-refractivity contribution in [2.75, 3.05) is 0 Å². The summed E-state index contributed by atoms with van der Waals surface area (Å²) < 4.78 is 0. The highest BCUT2D eigenvalue weighted by Gasteiger charge is 1.98. The largest absolute Gasteiger partial charge is 0.226 e. The molecule has 2 nitrogen and oxygen atoms in total. The van der Waals surface area contributed by atoms with E-state index < -0.39 is 0 Å². The Bertz CT molecular complexity index is 430. The van der Waals surface area contributed by atoms with Crippen LogP contribution in [0.4, 0.5) is 0 Å². The van der Waals surface area contributed by atoms with Gasteiger partial charge in [-0.25, -0.2) is 9.97 Å². The Kier molecular flexibility index (Phi) is 1.73. The number of rotatable bonds is 0. The van der Waals surface area contributed by atoms with Crippen molar-refractivity contribution in [1.82, 2.24) is 9.97 Å². The third-order valence-electron chi connectivity index (χ3n) is 1.61. The number of nitrogens with zero attached hydrogens (tertiary/aromatic N) is 2. The first-order valence-corrected chi connectivity index (χ1v) is 3.82. The van der Waals surface area contributed by atoms with Crippen molar-refractivity contribution in [2.45, 2.75) is 0 Å². The maximum Gasteiger partial charge on any atom is 0.222 e. The Morgan fingerprint density at radius 3 is 3.00 bits per heavy atom. The lowest BCUT2D eigenvalue weighted by Crippen LogP contribution is -2.05. The minimum Gasteiger partial charge on any atom is -0.226 e. The average molecular weight is 174 g/mol. The van der Waals surface area contributed by atoms with Gasteiger partial charge in [0.05, 0.1) is 5.52 Å². The summed E-state index contributed by atoms with van der Waals surface area (Å²) in [6.45, 7) is 0. The average Bonchev–Trinajstić information content (AvgIpc) is 2.07. The number of hydrogen-bond donors (Lipinski definition) is 0. The topological polar surface area (TPSA) is 25.8 Å². The molecule has 0 aliphatic rings. The van der Waals surface area contributed by atoms with E-state index >= 15 is 0 Å². The van der Waals surface area contributed by atoms with Crippen molar-refractivity contribution in [3.8, 4) is 0 Å². The van der Waals surface area contributed by atoms with E-state index in [4.69, 9.17) is 19.4 Å². The number of hydrogen-bond acceptors (Lipinski definition) is 2. The normalized spacial score (nSPS) is 10.4. The molecule has 56 valence electrons. The molecule has 0 fully saturated rings. The van der Waals surface area contributed by atoms with Crippen molar-refractivity contribution in [3.63, 3.8) is 0 Å². The molecule has 2 aromatic rings. The fourth-order valence-corrected chi connectivity index (χ4v) is 1.19. The van der Waals surface area contributed by atoms with Gasteiger partial charge < -0.3 is 0 Å². The van der Waals surface area contributed by atoms with E-state index in [1.54, 1.807) is 12.3 Å². The van der Waals surface area contributed by atoms with Crippen molar-refractivity contribution < 1.29 is 0 Å². The minimum atomic E-state index is 0.223. The molecule has 4 heteroatoms. The van der Waals surface area contributed by atoms with E-state index in [-0.39, 0.29) is 5.28 Å². The Balaban J connectivity index is 2.88. The highest BCUT2D eigenvalue weighted by Crippen LogP contribution is 2.09. The van der Waals surface area contributed by atoms with E-state index in [1.165, 1.54) is 0 Å². The van der Waals surface area contributed by atoms with Crippen LogP contribution in [0.15, 0.2) is 24.4 Å². The molecule has 12 heavy (non-hydrogen) atoms. The van der Waals surface area contributed by atoms with Gasteiger partial charge in [0.15, 0.2) is 0 Å². The lowest BCUT2D eigenvalue weighted by molar-refractivity contribution is 1.23. The molecule has 2 rings (SSSR count). The van der Waals surface area contributed by atoms with Crippen LogP contribution < -0.4 is 5.46 Å². The SMILES string of the molecule is [B]c1cccc2cnc(Cl)nc12. The minimum absolute atomic E-state index is 0.223. The van der Waals surface area contributed by atoms with Gasteiger partial charge in [0.25, 0.3) is 0 Å². The second-order valence-electron chi connectivity index (χ2n) is 2.42. The molecule has 0 amide bonds. The molecule has 1 aromatic carbocycles. The fraction of sp³-hybridized carbons (Fsp3) is 0. The van der Waals surface area contributed by atoms with Gasteiger partial charge in [-0.1, -0.05) is 23.7 Å². The summed E-state index contributed by atoms with van der Waals surface area (Å²) in [6, 6.07) is 5.53. The first-order chi connectivity index (χ1) is 5.77. The molecule has 1 heterocycles. The molecule has 0 saturated carbocycles. The highest BCUT2D eigenvalue weighted by molar-refractivity contribution is 6.38. The van der Waals surface area contributed by atoms with Gasteiger partial charge in [-0.05, 0) is 11.6 Å². The van der Waals surface area contributed by atoms with Crippen molar-refractivity contribution in [3.05, 3.63) is 29.7 Å². The van der Waals surface area contributed by atoms with Crippen LogP contribution in [-0.2, 0) is 0 Å². The van der Waals surface area contributed by atoms with Crippen molar-refractivity contribution in [1.29, 1.82) is 0 Å². The Labute approximate surface area is 76.0 Å². The summed E-state index contributed by atoms with van der Waals surface area (Å²) in [7, 11) is 5.68. The molecule has 0 aliphatic carbocycles. The molecule has 2 radical (unpaired) electrons. The monoisotopic (exact) mass is 174 g/mol. The number of benzene rings is 1. The van der Waals surface area contributed by atoms with Crippen LogP contribution in [-0.4, -0.2) is 17.8 Å². The van der Waals surface area contributed by atoms with E-state index in [0.29, 0.717) is 11.0 Å². The number of aromatic nitrogens is 2. The summed E-state index contributed by atoms with van der Waals surface area (Å²) in [5.41, 5.74) is 1.33. The first kappa shape index (κ1) is 7.56. The number of para-hydroxylation sites is 1. The van der Waals surface area contributed by atoms with Gasteiger partial charge in [0, 0.05) is 11.6 Å². The lowest BCUT2D eigenvalue weighted by atomic mass is 9.94. The third kappa shape index (κ3) is 1.16. The van der Waals surface area contributed by atoms with E-state index in [2.05, 4.69) is 9.97 Å².